The predicted octanol–water partition coefficient (Wildman–Crippen LogP) is 10.2. The third-order valence-corrected chi connectivity index (χ3v) is 8.02. The highest BCUT2D eigenvalue weighted by Crippen LogP contribution is 2.43. The van der Waals surface area contributed by atoms with Gasteiger partial charge in [0.05, 0.1) is 16.4 Å². The summed E-state index contributed by atoms with van der Waals surface area (Å²) in [4.78, 5) is 0. The van der Waals surface area contributed by atoms with E-state index in [1.807, 2.05) is 18.2 Å². The lowest BCUT2D eigenvalue weighted by Gasteiger charge is -2.10. The van der Waals surface area contributed by atoms with Crippen molar-refractivity contribution in [3.05, 3.63) is 127 Å². The molecule has 0 N–H and O–H groups in total. The van der Waals surface area contributed by atoms with E-state index in [1.54, 1.807) is 0 Å². The zero-order valence-corrected chi connectivity index (χ0v) is 20.9. The Labute approximate surface area is 223 Å². The van der Waals surface area contributed by atoms with Gasteiger partial charge in [-0.3, -0.25) is 0 Å². The van der Waals surface area contributed by atoms with Crippen LogP contribution in [0.1, 0.15) is 0 Å². The predicted molar refractivity (Wildman–Crippen MR) is 161 cm³/mol. The molecule has 3 heterocycles. The van der Waals surface area contributed by atoms with Gasteiger partial charge in [0, 0.05) is 32.6 Å². The fourth-order valence-electron chi connectivity index (χ4n) is 6.32. The van der Waals surface area contributed by atoms with E-state index in [0.29, 0.717) is 0 Å². The van der Waals surface area contributed by atoms with Gasteiger partial charge in [-0.15, -0.1) is 0 Å². The molecule has 0 atom stereocenters. The van der Waals surface area contributed by atoms with Gasteiger partial charge in [-0.05, 0) is 59.7 Å². The van der Waals surface area contributed by atoms with Gasteiger partial charge in [0.1, 0.15) is 22.3 Å². The van der Waals surface area contributed by atoms with Crippen LogP contribution in [0.4, 0.5) is 0 Å². The van der Waals surface area contributed by atoms with Crippen LogP contribution in [0.2, 0.25) is 0 Å². The van der Waals surface area contributed by atoms with Crippen LogP contribution in [0.25, 0.3) is 82.5 Å². The second kappa shape index (κ2) is 7.62. The first-order valence-corrected chi connectivity index (χ1v) is 13.2. The van der Waals surface area contributed by atoms with Crippen molar-refractivity contribution in [3.8, 4) is 16.8 Å². The Bertz CT molecular complexity index is 2330. The van der Waals surface area contributed by atoms with Crippen LogP contribution < -0.4 is 0 Å². The molecular formula is C36H21NO2. The average molecular weight is 500 g/mol. The molecule has 39 heavy (non-hydrogen) atoms. The van der Waals surface area contributed by atoms with E-state index in [9.17, 15) is 0 Å². The summed E-state index contributed by atoms with van der Waals surface area (Å²) in [5.74, 6) is 0. The first kappa shape index (κ1) is 20.7. The van der Waals surface area contributed by atoms with Crippen LogP contribution in [-0.2, 0) is 0 Å². The molecule has 3 heteroatoms. The number of fused-ring (bicyclic) bond motifs is 10. The summed E-state index contributed by atoms with van der Waals surface area (Å²) in [7, 11) is 0. The van der Waals surface area contributed by atoms with E-state index < -0.39 is 0 Å². The van der Waals surface area contributed by atoms with Gasteiger partial charge in [-0.1, -0.05) is 78.9 Å². The highest BCUT2D eigenvalue weighted by atomic mass is 16.3. The summed E-state index contributed by atoms with van der Waals surface area (Å²) in [6.07, 6.45) is 0. The second-order valence-corrected chi connectivity index (χ2v) is 10.1. The molecule has 0 saturated carbocycles. The molecule has 0 spiro atoms. The molecule has 0 bridgehead atoms. The first-order valence-electron chi connectivity index (χ1n) is 13.2. The number of hydrogen-bond donors (Lipinski definition) is 0. The van der Waals surface area contributed by atoms with Crippen molar-refractivity contribution < 1.29 is 8.83 Å². The van der Waals surface area contributed by atoms with Gasteiger partial charge >= 0.3 is 0 Å². The molecule has 0 aliphatic rings. The van der Waals surface area contributed by atoms with Gasteiger partial charge in [-0.25, -0.2) is 0 Å². The largest absolute Gasteiger partial charge is 0.456 e. The minimum atomic E-state index is 0.839. The Morgan fingerprint density at radius 2 is 1.05 bits per heavy atom. The Morgan fingerprint density at radius 3 is 1.82 bits per heavy atom. The minimum absolute atomic E-state index is 0.839. The fraction of sp³-hybridized carbons (Fsp3) is 0. The Kier molecular flexibility index (Phi) is 4.05. The molecule has 0 aliphatic carbocycles. The van der Waals surface area contributed by atoms with E-state index in [4.69, 9.17) is 8.83 Å². The molecule has 9 rings (SSSR count). The number of aromatic nitrogens is 1. The topological polar surface area (TPSA) is 31.2 Å². The lowest BCUT2D eigenvalue weighted by molar-refractivity contribution is 0.663. The van der Waals surface area contributed by atoms with E-state index in [0.717, 1.165) is 60.7 Å². The summed E-state index contributed by atoms with van der Waals surface area (Å²) in [6, 6.07) is 44.7. The van der Waals surface area contributed by atoms with Crippen molar-refractivity contribution in [2.75, 3.05) is 0 Å². The highest BCUT2D eigenvalue weighted by molar-refractivity contribution is 6.24. The first-order chi connectivity index (χ1) is 19.3. The maximum absolute atomic E-state index is 6.41. The minimum Gasteiger partial charge on any atom is -0.456 e. The Morgan fingerprint density at radius 1 is 0.410 bits per heavy atom. The monoisotopic (exact) mass is 499 g/mol. The van der Waals surface area contributed by atoms with Crippen molar-refractivity contribution in [1.29, 1.82) is 0 Å². The Balaban J connectivity index is 1.28. The molecule has 0 aliphatic heterocycles. The van der Waals surface area contributed by atoms with E-state index >= 15 is 0 Å². The van der Waals surface area contributed by atoms with E-state index in [2.05, 4.69) is 114 Å². The molecule has 3 nitrogen and oxygen atoms in total. The molecule has 0 fully saturated rings. The van der Waals surface area contributed by atoms with Crippen LogP contribution in [0.3, 0.4) is 0 Å². The molecule has 0 unspecified atom stereocenters. The summed E-state index contributed by atoms with van der Waals surface area (Å²) in [5.41, 5.74) is 9.30. The van der Waals surface area contributed by atoms with Crippen molar-refractivity contribution in [2.45, 2.75) is 0 Å². The van der Waals surface area contributed by atoms with Crippen LogP contribution in [-0.4, -0.2) is 4.57 Å². The van der Waals surface area contributed by atoms with Crippen LogP contribution in [0.15, 0.2) is 136 Å². The SMILES string of the molecule is c1ccc2c(c1)oc1c2ccc2oc3cccc(-c4ccc(-n5c6ccccc6c6ccccc65)cc4)c3c21. The van der Waals surface area contributed by atoms with Crippen molar-refractivity contribution >= 4 is 65.7 Å². The Hall–Kier alpha value is -5.28. The van der Waals surface area contributed by atoms with Gasteiger partial charge in [0.15, 0.2) is 0 Å². The number of rotatable bonds is 2. The molecule has 0 saturated heterocycles. The zero-order chi connectivity index (χ0) is 25.5. The van der Waals surface area contributed by atoms with E-state index in [1.165, 1.54) is 21.8 Å². The lowest BCUT2D eigenvalue weighted by Crippen LogP contribution is -1.93. The number of para-hydroxylation sites is 3. The van der Waals surface area contributed by atoms with Gasteiger partial charge in [0.25, 0.3) is 0 Å². The normalized spacial score (nSPS) is 12.1. The van der Waals surface area contributed by atoms with Gasteiger partial charge in [-0.2, -0.15) is 0 Å². The summed E-state index contributed by atoms with van der Waals surface area (Å²) in [6.45, 7) is 0. The molecule has 6 aromatic carbocycles. The quantitative estimate of drug-likeness (QED) is 0.237. The number of hydrogen-bond acceptors (Lipinski definition) is 2. The van der Waals surface area contributed by atoms with Gasteiger partial charge in [0.2, 0.25) is 0 Å². The average Bonchev–Trinajstić information content (AvgIpc) is 3.66. The standard InChI is InChI=1S/C36H21NO2/c1-4-12-29-25(8-1)26-9-2-5-13-30(26)37(29)23-18-16-22(17-19-23)24-11-7-15-32-34(24)35-33(38-32)21-20-28-27-10-3-6-14-31(27)39-36(28)35/h1-21H. The smallest absolute Gasteiger partial charge is 0.147 e. The summed E-state index contributed by atoms with van der Waals surface area (Å²) < 4.78 is 15.1. The molecular weight excluding hydrogens is 478 g/mol. The fourth-order valence-corrected chi connectivity index (χ4v) is 6.32. The third-order valence-electron chi connectivity index (χ3n) is 8.02. The second-order valence-electron chi connectivity index (χ2n) is 10.1. The van der Waals surface area contributed by atoms with Crippen LogP contribution in [0, 0.1) is 0 Å². The number of furan rings is 2. The molecule has 3 aromatic heterocycles. The third kappa shape index (κ3) is 2.82. The van der Waals surface area contributed by atoms with Crippen molar-refractivity contribution in [2.24, 2.45) is 0 Å². The maximum Gasteiger partial charge on any atom is 0.147 e. The highest BCUT2D eigenvalue weighted by Gasteiger charge is 2.19. The zero-order valence-electron chi connectivity index (χ0n) is 20.9. The molecule has 0 radical (unpaired) electrons. The number of benzene rings is 6. The maximum atomic E-state index is 6.41. The van der Waals surface area contributed by atoms with Crippen LogP contribution >= 0.6 is 0 Å². The van der Waals surface area contributed by atoms with Crippen LogP contribution in [0.5, 0.6) is 0 Å². The van der Waals surface area contributed by atoms with Crippen molar-refractivity contribution in [1.82, 2.24) is 4.57 Å². The molecule has 0 amide bonds. The van der Waals surface area contributed by atoms with Gasteiger partial charge < -0.3 is 13.4 Å². The lowest BCUT2D eigenvalue weighted by atomic mass is 9.98. The summed E-state index contributed by atoms with van der Waals surface area (Å²) in [5, 5.41) is 6.87. The number of nitrogens with zero attached hydrogens (tertiary/aromatic N) is 1. The molecule has 182 valence electrons. The summed E-state index contributed by atoms with van der Waals surface area (Å²) >= 11 is 0. The molecule has 9 aromatic rings. The van der Waals surface area contributed by atoms with Crippen molar-refractivity contribution in [3.63, 3.8) is 0 Å². The van der Waals surface area contributed by atoms with E-state index in [-0.39, 0.29) is 0 Å².